The van der Waals surface area contributed by atoms with Crippen molar-refractivity contribution in [3.05, 3.63) is 35.0 Å². The van der Waals surface area contributed by atoms with E-state index in [1.807, 2.05) is 12.1 Å². The zero-order valence-corrected chi connectivity index (χ0v) is 11.2. The lowest BCUT2D eigenvalue weighted by atomic mass is 10.2. The van der Waals surface area contributed by atoms with Crippen molar-refractivity contribution in [2.24, 2.45) is 7.05 Å². The normalized spacial score (nSPS) is 21.1. The Morgan fingerprint density at radius 3 is 3.17 bits per heavy atom. The van der Waals surface area contributed by atoms with Gasteiger partial charge in [-0.25, -0.2) is 0 Å². The number of hydrogen-bond donors (Lipinski definition) is 1. The number of nitrogens with zero attached hydrogens (tertiary/aromatic N) is 1. The number of hydrogen-bond acceptors (Lipinski definition) is 2. The predicted octanol–water partition coefficient (Wildman–Crippen LogP) is 2.88. The van der Waals surface area contributed by atoms with Gasteiger partial charge in [-0.3, -0.25) is 0 Å². The van der Waals surface area contributed by atoms with E-state index in [1.54, 1.807) is 0 Å². The molecule has 0 aliphatic carbocycles. The van der Waals surface area contributed by atoms with E-state index in [9.17, 15) is 0 Å². The molecule has 4 heteroatoms. The van der Waals surface area contributed by atoms with E-state index >= 15 is 0 Å². The van der Waals surface area contributed by atoms with Crippen LogP contribution in [0.3, 0.4) is 0 Å². The van der Waals surface area contributed by atoms with Crippen LogP contribution in [0.15, 0.2) is 24.3 Å². The summed E-state index contributed by atoms with van der Waals surface area (Å²) < 4.78 is 7.85. The first-order valence-corrected chi connectivity index (χ1v) is 6.69. The van der Waals surface area contributed by atoms with Crippen LogP contribution in [0.4, 0.5) is 0 Å². The van der Waals surface area contributed by atoms with Gasteiger partial charge in [0.1, 0.15) is 0 Å². The summed E-state index contributed by atoms with van der Waals surface area (Å²) in [5.74, 6) is 0. The van der Waals surface area contributed by atoms with Crippen LogP contribution in [-0.2, 0) is 11.8 Å². The van der Waals surface area contributed by atoms with Crippen LogP contribution in [0.2, 0.25) is 5.02 Å². The fourth-order valence-electron chi connectivity index (χ4n) is 2.58. The molecule has 0 spiro atoms. The van der Waals surface area contributed by atoms with E-state index in [-0.39, 0.29) is 6.04 Å². The third-order valence-electron chi connectivity index (χ3n) is 3.54. The maximum atomic E-state index is 6.04. The second-order valence-electron chi connectivity index (χ2n) is 4.77. The van der Waals surface area contributed by atoms with Gasteiger partial charge in [-0.05, 0) is 37.2 Å². The van der Waals surface area contributed by atoms with Crippen LogP contribution in [0.5, 0.6) is 0 Å². The molecule has 1 aliphatic heterocycles. The number of ether oxygens (including phenoxy) is 1. The van der Waals surface area contributed by atoms with Crippen molar-refractivity contribution in [3.63, 3.8) is 0 Å². The highest BCUT2D eigenvalue weighted by atomic mass is 35.5. The Balaban J connectivity index is 2.02. The number of halogens is 1. The van der Waals surface area contributed by atoms with Crippen molar-refractivity contribution >= 4 is 22.5 Å². The van der Waals surface area contributed by atoms with Crippen LogP contribution in [0.1, 0.15) is 18.2 Å². The molecule has 0 radical (unpaired) electrons. The summed E-state index contributed by atoms with van der Waals surface area (Å²) in [7, 11) is 2.10. The number of rotatable bonds is 1. The van der Waals surface area contributed by atoms with Gasteiger partial charge in [-0.15, -0.1) is 0 Å². The molecule has 1 aliphatic rings. The summed E-state index contributed by atoms with van der Waals surface area (Å²) in [6, 6.07) is 8.48. The van der Waals surface area contributed by atoms with Crippen molar-refractivity contribution in [1.29, 1.82) is 0 Å². The monoisotopic (exact) mass is 264 g/mol. The van der Waals surface area contributed by atoms with E-state index in [0.29, 0.717) is 0 Å². The maximum absolute atomic E-state index is 6.04. The first-order chi connectivity index (χ1) is 8.75. The molecular formula is C14H17ClN2O. The highest BCUT2D eigenvalue weighted by Gasteiger charge is 2.18. The highest BCUT2D eigenvalue weighted by molar-refractivity contribution is 6.31. The first-order valence-electron chi connectivity index (χ1n) is 6.32. The summed E-state index contributed by atoms with van der Waals surface area (Å²) >= 11 is 6.04. The van der Waals surface area contributed by atoms with Crippen molar-refractivity contribution in [3.8, 4) is 0 Å². The van der Waals surface area contributed by atoms with E-state index in [1.165, 1.54) is 16.6 Å². The molecule has 1 aromatic carbocycles. The van der Waals surface area contributed by atoms with Crippen LogP contribution in [-0.4, -0.2) is 24.3 Å². The summed E-state index contributed by atoms with van der Waals surface area (Å²) in [5, 5.41) is 5.50. The minimum absolute atomic E-state index is 0.267. The molecule has 0 saturated carbocycles. The zero-order chi connectivity index (χ0) is 12.5. The van der Waals surface area contributed by atoms with E-state index in [0.717, 1.165) is 31.2 Å². The van der Waals surface area contributed by atoms with Crippen LogP contribution < -0.4 is 5.32 Å². The second-order valence-corrected chi connectivity index (χ2v) is 5.20. The summed E-state index contributed by atoms with van der Waals surface area (Å²) in [4.78, 5) is 0. The molecule has 1 saturated heterocycles. The molecular weight excluding hydrogens is 248 g/mol. The molecule has 1 aromatic heterocycles. The molecule has 1 unspecified atom stereocenters. The third-order valence-corrected chi connectivity index (χ3v) is 3.77. The average molecular weight is 265 g/mol. The predicted molar refractivity (Wildman–Crippen MR) is 74.1 cm³/mol. The topological polar surface area (TPSA) is 26.2 Å². The van der Waals surface area contributed by atoms with Gasteiger partial charge < -0.3 is 14.6 Å². The quantitative estimate of drug-likeness (QED) is 0.857. The Morgan fingerprint density at radius 2 is 2.28 bits per heavy atom. The van der Waals surface area contributed by atoms with E-state index in [2.05, 4.69) is 29.1 Å². The highest BCUT2D eigenvalue weighted by Crippen LogP contribution is 2.26. The maximum Gasteiger partial charge on any atom is 0.0712 e. The van der Waals surface area contributed by atoms with Gasteiger partial charge in [0.15, 0.2) is 0 Å². The van der Waals surface area contributed by atoms with Crippen LogP contribution in [0, 0.1) is 0 Å². The SMILES string of the molecule is Cn1c(C2COCCCN2)cc2cc(Cl)ccc21. The van der Waals surface area contributed by atoms with Gasteiger partial charge >= 0.3 is 0 Å². The molecule has 2 aromatic rings. The van der Waals surface area contributed by atoms with Crippen molar-refractivity contribution in [2.75, 3.05) is 19.8 Å². The van der Waals surface area contributed by atoms with Crippen LogP contribution >= 0.6 is 11.6 Å². The molecule has 1 N–H and O–H groups in total. The molecule has 3 nitrogen and oxygen atoms in total. The molecule has 3 rings (SSSR count). The third kappa shape index (κ3) is 2.14. The van der Waals surface area contributed by atoms with E-state index in [4.69, 9.17) is 16.3 Å². The van der Waals surface area contributed by atoms with Gasteiger partial charge in [0.2, 0.25) is 0 Å². The second kappa shape index (κ2) is 4.92. The largest absolute Gasteiger partial charge is 0.379 e. The fourth-order valence-corrected chi connectivity index (χ4v) is 2.76. The lowest BCUT2D eigenvalue weighted by Gasteiger charge is -2.16. The number of fused-ring (bicyclic) bond motifs is 1. The van der Waals surface area contributed by atoms with Crippen molar-refractivity contribution < 1.29 is 4.74 Å². The fraction of sp³-hybridized carbons (Fsp3) is 0.429. The summed E-state index contributed by atoms with van der Waals surface area (Å²) in [6.45, 7) is 2.59. The lowest BCUT2D eigenvalue weighted by Crippen LogP contribution is -2.25. The van der Waals surface area contributed by atoms with Gasteiger partial charge in [-0.2, -0.15) is 0 Å². The van der Waals surface area contributed by atoms with Crippen LogP contribution in [0.25, 0.3) is 10.9 Å². The average Bonchev–Trinajstić information content (AvgIpc) is 2.57. The molecule has 1 atom stereocenters. The summed E-state index contributed by atoms with van der Waals surface area (Å²) in [6.07, 6.45) is 1.08. The molecule has 18 heavy (non-hydrogen) atoms. The Morgan fingerprint density at radius 1 is 1.39 bits per heavy atom. The Hall–Kier alpha value is -1.03. The Labute approximate surface area is 112 Å². The number of nitrogens with one attached hydrogen (secondary N) is 1. The minimum atomic E-state index is 0.267. The lowest BCUT2D eigenvalue weighted by molar-refractivity contribution is 0.130. The van der Waals surface area contributed by atoms with Gasteiger partial charge in [0.05, 0.1) is 12.6 Å². The molecule has 0 amide bonds. The van der Waals surface area contributed by atoms with Crippen molar-refractivity contribution in [1.82, 2.24) is 9.88 Å². The Kier molecular flexibility index (Phi) is 3.29. The standard InChI is InChI=1S/C14H17ClN2O/c1-17-13-4-3-11(15)7-10(13)8-14(17)12-9-18-6-2-5-16-12/h3-4,7-8,12,16H,2,5-6,9H2,1H3. The first kappa shape index (κ1) is 12.0. The van der Waals surface area contributed by atoms with Crippen molar-refractivity contribution in [2.45, 2.75) is 12.5 Å². The van der Waals surface area contributed by atoms with Gasteiger partial charge in [-0.1, -0.05) is 11.6 Å². The molecule has 1 fully saturated rings. The summed E-state index contributed by atoms with van der Waals surface area (Å²) in [5.41, 5.74) is 2.47. The minimum Gasteiger partial charge on any atom is -0.379 e. The molecule has 96 valence electrons. The van der Waals surface area contributed by atoms with Gasteiger partial charge in [0.25, 0.3) is 0 Å². The number of aromatic nitrogens is 1. The molecule has 2 heterocycles. The Bertz CT molecular complexity index is 556. The number of benzene rings is 1. The van der Waals surface area contributed by atoms with E-state index < -0.39 is 0 Å². The van der Waals surface area contributed by atoms with Gasteiger partial charge in [0, 0.05) is 35.3 Å². The molecule has 0 bridgehead atoms. The smallest absolute Gasteiger partial charge is 0.0712 e. The zero-order valence-electron chi connectivity index (χ0n) is 10.4. The number of aryl methyl sites for hydroxylation is 1.